The highest BCUT2D eigenvalue weighted by Crippen LogP contribution is 2.44. The number of hydrogen-bond donors (Lipinski definition) is 1. The zero-order chi connectivity index (χ0) is 44.6. The minimum Gasteiger partial charge on any atom is -0.491 e. The molecule has 0 fully saturated rings. The Hall–Kier alpha value is -4.36. The van der Waals surface area contributed by atoms with E-state index in [9.17, 15) is 9.59 Å². The molecule has 1 N–H and O–H groups in total. The fourth-order valence-corrected chi connectivity index (χ4v) is 6.11. The molecule has 3 aromatic rings. The smallest absolute Gasteiger partial charge is 0.407 e. The molecule has 1 aliphatic carbocycles. The number of ether oxygens (including phenoxy) is 13. The van der Waals surface area contributed by atoms with Crippen LogP contribution in [0.3, 0.4) is 0 Å². The number of rotatable bonds is 36. The van der Waals surface area contributed by atoms with Gasteiger partial charge in [0.25, 0.3) is 0 Å². The van der Waals surface area contributed by atoms with Crippen molar-refractivity contribution >= 4 is 12.1 Å². The van der Waals surface area contributed by atoms with Crippen LogP contribution in [0.5, 0.6) is 11.5 Å². The molecule has 0 atom stereocenters. The van der Waals surface area contributed by atoms with E-state index in [2.05, 4.69) is 29.6 Å². The number of amides is 1. The van der Waals surface area contributed by atoms with Crippen LogP contribution in [0.1, 0.15) is 37.8 Å². The van der Waals surface area contributed by atoms with Crippen LogP contribution in [0.2, 0.25) is 0 Å². The van der Waals surface area contributed by atoms with Crippen LogP contribution in [0.4, 0.5) is 4.79 Å². The van der Waals surface area contributed by atoms with E-state index in [4.69, 9.17) is 61.6 Å². The predicted octanol–water partition coefficient (Wildman–Crippen LogP) is 5.47. The van der Waals surface area contributed by atoms with Crippen LogP contribution in [0, 0.1) is 0 Å². The summed E-state index contributed by atoms with van der Waals surface area (Å²) in [5.41, 5.74) is 4.23. The maximum Gasteiger partial charge on any atom is 0.407 e. The van der Waals surface area contributed by atoms with Crippen LogP contribution >= 0.6 is 0 Å². The average Bonchev–Trinajstić information content (AvgIpc) is 3.59. The summed E-state index contributed by atoms with van der Waals surface area (Å²) >= 11 is 0. The predicted molar refractivity (Wildman–Crippen MR) is 234 cm³/mol. The molecule has 16 nitrogen and oxygen atoms in total. The standard InChI is InChI=1S/C47H67NO15/c1-47(2,3)63-45(49)37-59-31-30-56-25-24-53-22-23-55-27-29-58-33-35-61-39-14-12-38(13-15-39)60-34-32-57-28-26-54-21-20-52-19-18-51-17-16-48-46(50)62-36-44-42-10-6-4-8-40(42)41-9-5-7-11-43(41)44/h4-15,44H,16-37H2,1-3H3,(H,48,50). The van der Waals surface area contributed by atoms with Crippen LogP contribution in [0.25, 0.3) is 11.1 Å². The normalized spacial score (nSPS) is 12.2. The van der Waals surface area contributed by atoms with Gasteiger partial charge in [0.1, 0.15) is 43.5 Å². The zero-order valence-electron chi connectivity index (χ0n) is 37.2. The van der Waals surface area contributed by atoms with Gasteiger partial charge in [-0.25, -0.2) is 9.59 Å². The number of nitrogens with one attached hydrogen (secondary N) is 1. The molecule has 0 spiro atoms. The van der Waals surface area contributed by atoms with E-state index < -0.39 is 17.7 Å². The Bertz CT molecular complexity index is 1620. The molecule has 0 aromatic heterocycles. The molecule has 63 heavy (non-hydrogen) atoms. The van der Waals surface area contributed by atoms with Crippen LogP contribution in [0.15, 0.2) is 72.8 Å². The SMILES string of the molecule is CC(C)(C)OC(=O)COCCOCCOCCOCCOCCOc1ccc(OCCOCCOCCOCCOCCNC(=O)OCC2c3ccccc3-c3ccccc32)cc1. The monoisotopic (exact) mass is 885 g/mol. The molecule has 1 aliphatic rings. The van der Waals surface area contributed by atoms with Crippen molar-refractivity contribution in [1.82, 2.24) is 5.32 Å². The Kier molecular flexibility index (Phi) is 25.6. The van der Waals surface area contributed by atoms with Gasteiger partial charge in [0.15, 0.2) is 0 Å². The number of carbonyl (C=O) groups is 2. The largest absolute Gasteiger partial charge is 0.491 e. The molecule has 0 radical (unpaired) electrons. The van der Waals surface area contributed by atoms with E-state index >= 15 is 0 Å². The first-order valence-corrected chi connectivity index (χ1v) is 21.7. The van der Waals surface area contributed by atoms with Gasteiger partial charge in [-0.2, -0.15) is 0 Å². The lowest BCUT2D eigenvalue weighted by Crippen LogP contribution is -2.29. The van der Waals surface area contributed by atoms with Crippen molar-refractivity contribution < 1.29 is 71.2 Å². The molecule has 3 aromatic carbocycles. The van der Waals surface area contributed by atoms with E-state index in [0.717, 1.165) is 11.5 Å². The number of benzene rings is 3. The van der Waals surface area contributed by atoms with E-state index in [1.165, 1.54) is 22.3 Å². The third-order valence-electron chi connectivity index (χ3n) is 8.92. The second kappa shape index (κ2) is 31.5. The van der Waals surface area contributed by atoms with Gasteiger partial charge in [-0.05, 0) is 67.3 Å². The van der Waals surface area contributed by atoms with Gasteiger partial charge in [0, 0.05) is 12.5 Å². The van der Waals surface area contributed by atoms with E-state index in [1.54, 1.807) is 0 Å². The van der Waals surface area contributed by atoms with Crippen LogP contribution in [-0.4, -0.2) is 163 Å². The second-order valence-corrected chi connectivity index (χ2v) is 15.0. The van der Waals surface area contributed by atoms with Gasteiger partial charge in [-0.1, -0.05) is 48.5 Å². The molecule has 1 amide bonds. The lowest BCUT2D eigenvalue weighted by molar-refractivity contribution is -0.160. The second-order valence-electron chi connectivity index (χ2n) is 15.0. The number of fused-ring (bicyclic) bond motifs is 3. The first-order valence-electron chi connectivity index (χ1n) is 21.7. The van der Waals surface area contributed by atoms with Gasteiger partial charge in [-0.3, -0.25) is 0 Å². The van der Waals surface area contributed by atoms with Gasteiger partial charge in [-0.15, -0.1) is 0 Å². The zero-order valence-corrected chi connectivity index (χ0v) is 37.2. The van der Waals surface area contributed by atoms with Gasteiger partial charge in [0.2, 0.25) is 0 Å². The molecular weight excluding hydrogens is 819 g/mol. The molecule has 350 valence electrons. The number of carbonyl (C=O) groups excluding carboxylic acids is 2. The van der Waals surface area contributed by atoms with Crippen molar-refractivity contribution in [1.29, 1.82) is 0 Å². The highest BCUT2D eigenvalue weighted by molar-refractivity contribution is 5.79. The quantitative estimate of drug-likeness (QED) is 0.0577. The first kappa shape index (κ1) is 51.3. The Balaban J connectivity index is 0.826. The lowest BCUT2D eigenvalue weighted by Gasteiger charge is -2.19. The number of esters is 1. The summed E-state index contributed by atoms with van der Waals surface area (Å²) in [5, 5.41) is 2.74. The molecule has 4 rings (SSSR count). The topological polar surface area (TPSA) is 166 Å². The first-order chi connectivity index (χ1) is 30.8. The van der Waals surface area contributed by atoms with Gasteiger partial charge >= 0.3 is 12.1 Å². The molecule has 16 heteroatoms. The van der Waals surface area contributed by atoms with Crippen molar-refractivity contribution in [3.8, 4) is 22.6 Å². The van der Waals surface area contributed by atoms with Crippen molar-refractivity contribution in [2.24, 2.45) is 0 Å². The average molecular weight is 886 g/mol. The fraction of sp³-hybridized carbons (Fsp3) is 0.574. The maximum atomic E-state index is 12.3. The summed E-state index contributed by atoms with van der Waals surface area (Å²) in [6.45, 7) is 14.1. The molecule has 0 saturated heterocycles. The van der Waals surface area contributed by atoms with Crippen molar-refractivity contribution in [3.05, 3.63) is 83.9 Å². The van der Waals surface area contributed by atoms with Crippen LogP contribution in [-0.2, 0) is 56.9 Å². The lowest BCUT2D eigenvalue weighted by atomic mass is 9.98. The fourth-order valence-electron chi connectivity index (χ4n) is 6.11. The molecule has 0 bridgehead atoms. The van der Waals surface area contributed by atoms with Gasteiger partial charge in [0.05, 0.1) is 112 Å². The summed E-state index contributed by atoms with van der Waals surface area (Å²) in [4.78, 5) is 23.8. The highest BCUT2D eigenvalue weighted by Gasteiger charge is 2.29. The Morgan fingerprint density at radius 1 is 0.476 bits per heavy atom. The summed E-state index contributed by atoms with van der Waals surface area (Å²) in [6.07, 6.45) is -0.459. The van der Waals surface area contributed by atoms with E-state index in [1.807, 2.05) is 69.3 Å². The Morgan fingerprint density at radius 2 is 0.841 bits per heavy atom. The van der Waals surface area contributed by atoms with Gasteiger partial charge < -0.3 is 66.9 Å². The minimum atomic E-state index is -0.521. The molecular formula is C47H67NO15. The third kappa shape index (κ3) is 22.7. The third-order valence-corrected chi connectivity index (χ3v) is 8.92. The molecule has 0 unspecified atom stereocenters. The molecule has 0 heterocycles. The van der Waals surface area contributed by atoms with Crippen molar-refractivity contribution in [3.63, 3.8) is 0 Å². The number of hydrogen-bond acceptors (Lipinski definition) is 15. The molecule has 0 aliphatic heterocycles. The Morgan fingerprint density at radius 3 is 1.25 bits per heavy atom. The van der Waals surface area contributed by atoms with Crippen molar-refractivity contribution in [2.75, 3.05) is 145 Å². The summed E-state index contributed by atoms with van der Waals surface area (Å²) in [7, 11) is 0. The molecule has 0 saturated carbocycles. The summed E-state index contributed by atoms with van der Waals surface area (Å²) in [5.74, 6) is 1.08. The number of alkyl carbamates (subject to hydrolysis) is 1. The van der Waals surface area contributed by atoms with E-state index in [0.29, 0.717) is 132 Å². The maximum absolute atomic E-state index is 12.3. The Labute approximate surface area is 371 Å². The van der Waals surface area contributed by atoms with E-state index in [-0.39, 0.29) is 19.1 Å². The minimum absolute atomic E-state index is 0.0288. The summed E-state index contributed by atoms with van der Waals surface area (Å²) < 4.78 is 71.5. The highest BCUT2D eigenvalue weighted by atomic mass is 16.6. The van der Waals surface area contributed by atoms with Crippen LogP contribution < -0.4 is 14.8 Å². The summed E-state index contributed by atoms with van der Waals surface area (Å²) in [6, 6.07) is 23.9. The van der Waals surface area contributed by atoms with Crippen molar-refractivity contribution in [2.45, 2.75) is 32.3 Å².